The number of benzene rings is 1. The number of rotatable bonds is 3. The van der Waals surface area contributed by atoms with E-state index in [9.17, 15) is 13.6 Å². The standard InChI is InChI=1S/C13H12F2N2O/c1-3-17-12(6-8(2)16-17)13(18)9-4-5-10(14)11(15)7-9/h4-7H,3H2,1-2H3. The maximum atomic E-state index is 13.1. The van der Waals surface area contributed by atoms with Crippen LogP contribution in [0, 0.1) is 18.6 Å². The normalized spacial score (nSPS) is 10.7. The van der Waals surface area contributed by atoms with Gasteiger partial charge in [-0.05, 0) is 38.1 Å². The smallest absolute Gasteiger partial charge is 0.211 e. The van der Waals surface area contributed by atoms with Gasteiger partial charge >= 0.3 is 0 Å². The van der Waals surface area contributed by atoms with Crippen LogP contribution in [0.3, 0.4) is 0 Å². The van der Waals surface area contributed by atoms with Gasteiger partial charge in [0.2, 0.25) is 5.78 Å². The number of aromatic nitrogens is 2. The van der Waals surface area contributed by atoms with Crippen LogP contribution in [0.25, 0.3) is 0 Å². The van der Waals surface area contributed by atoms with E-state index in [1.54, 1.807) is 17.7 Å². The Balaban J connectivity index is 2.44. The molecule has 0 radical (unpaired) electrons. The maximum Gasteiger partial charge on any atom is 0.211 e. The molecule has 0 saturated carbocycles. The van der Waals surface area contributed by atoms with Crippen LogP contribution in [0.1, 0.15) is 28.7 Å². The predicted molar refractivity (Wildman–Crippen MR) is 62.4 cm³/mol. The van der Waals surface area contributed by atoms with Crippen molar-refractivity contribution in [2.24, 2.45) is 0 Å². The molecule has 0 fully saturated rings. The van der Waals surface area contributed by atoms with Crippen molar-refractivity contribution < 1.29 is 13.6 Å². The fourth-order valence-corrected chi connectivity index (χ4v) is 1.75. The first-order valence-corrected chi connectivity index (χ1v) is 5.57. The van der Waals surface area contributed by atoms with Gasteiger partial charge in [-0.25, -0.2) is 8.78 Å². The number of hydrogen-bond acceptors (Lipinski definition) is 2. The van der Waals surface area contributed by atoms with Crippen molar-refractivity contribution in [2.75, 3.05) is 0 Å². The van der Waals surface area contributed by atoms with Gasteiger partial charge in [-0.2, -0.15) is 5.10 Å². The van der Waals surface area contributed by atoms with Gasteiger partial charge < -0.3 is 0 Å². The van der Waals surface area contributed by atoms with Crippen LogP contribution in [0.5, 0.6) is 0 Å². The third-order valence-electron chi connectivity index (χ3n) is 2.62. The molecule has 0 amide bonds. The molecule has 3 nitrogen and oxygen atoms in total. The highest BCUT2D eigenvalue weighted by Gasteiger charge is 2.16. The average molecular weight is 250 g/mol. The van der Waals surface area contributed by atoms with E-state index in [0.717, 1.165) is 12.1 Å². The van der Waals surface area contributed by atoms with Crippen LogP contribution >= 0.6 is 0 Å². The summed E-state index contributed by atoms with van der Waals surface area (Å²) in [5.41, 5.74) is 1.20. The molecule has 2 rings (SSSR count). The first kappa shape index (κ1) is 12.4. The Morgan fingerprint density at radius 2 is 2.00 bits per heavy atom. The molecule has 1 aromatic heterocycles. The molecule has 0 bridgehead atoms. The second-order valence-electron chi connectivity index (χ2n) is 3.94. The highest BCUT2D eigenvalue weighted by atomic mass is 19.2. The molecule has 0 N–H and O–H groups in total. The lowest BCUT2D eigenvalue weighted by molar-refractivity contribution is 0.102. The molecule has 0 spiro atoms. The molecule has 0 saturated heterocycles. The molecule has 0 unspecified atom stereocenters. The lowest BCUT2D eigenvalue weighted by atomic mass is 10.1. The number of nitrogens with zero attached hydrogens (tertiary/aromatic N) is 2. The van der Waals surface area contributed by atoms with E-state index in [2.05, 4.69) is 5.10 Å². The summed E-state index contributed by atoms with van der Waals surface area (Å²) in [6.45, 7) is 4.17. The summed E-state index contributed by atoms with van der Waals surface area (Å²) < 4.78 is 27.4. The minimum atomic E-state index is -1.03. The average Bonchev–Trinajstić information content (AvgIpc) is 2.73. The fourth-order valence-electron chi connectivity index (χ4n) is 1.75. The highest BCUT2D eigenvalue weighted by molar-refractivity contribution is 6.07. The van der Waals surface area contributed by atoms with Crippen molar-refractivity contribution in [3.05, 3.63) is 52.9 Å². The van der Waals surface area contributed by atoms with Crippen LogP contribution in [0.4, 0.5) is 8.78 Å². The molecule has 1 aromatic carbocycles. The molecular weight excluding hydrogens is 238 g/mol. The molecule has 0 atom stereocenters. The van der Waals surface area contributed by atoms with Gasteiger partial charge in [0.25, 0.3) is 0 Å². The quantitative estimate of drug-likeness (QED) is 0.785. The van der Waals surface area contributed by atoms with Gasteiger partial charge in [0.05, 0.1) is 5.69 Å². The largest absolute Gasteiger partial charge is 0.287 e. The van der Waals surface area contributed by atoms with Gasteiger partial charge in [0.1, 0.15) is 5.69 Å². The third kappa shape index (κ3) is 2.16. The van der Waals surface area contributed by atoms with E-state index in [4.69, 9.17) is 0 Å². The Morgan fingerprint density at radius 3 is 2.61 bits per heavy atom. The minimum Gasteiger partial charge on any atom is -0.287 e. The third-order valence-corrected chi connectivity index (χ3v) is 2.62. The first-order valence-electron chi connectivity index (χ1n) is 5.57. The van der Waals surface area contributed by atoms with Gasteiger partial charge in [-0.15, -0.1) is 0 Å². The van der Waals surface area contributed by atoms with Gasteiger partial charge in [0, 0.05) is 12.1 Å². The lowest BCUT2D eigenvalue weighted by Gasteiger charge is -2.04. The molecule has 0 aliphatic carbocycles. The highest BCUT2D eigenvalue weighted by Crippen LogP contribution is 2.14. The fraction of sp³-hybridized carbons (Fsp3) is 0.231. The Labute approximate surface area is 103 Å². The summed E-state index contributed by atoms with van der Waals surface area (Å²) in [6, 6.07) is 4.75. The number of ketones is 1. The Bertz CT molecular complexity index is 605. The molecule has 1 heterocycles. The number of aryl methyl sites for hydroxylation is 2. The van der Waals surface area contributed by atoms with Crippen molar-refractivity contribution in [1.29, 1.82) is 0 Å². The lowest BCUT2D eigenvalue weighted by Crippen LogP contribution is -2.11. The van der Waals surface area contributed by atoms with Crippen molar-refractivity contribution in [1.82, 2.24) is 9.78 Å². The van der Waals surface area contributed by atoms with E-state index < -0.39 is 11.6 Å². The van der Waals surface area contributed by atoms with Crippen LogP contribution in [0.2, 0.25) is 0 Å². The number of hydrogen-bond donors (Lipinski definition) is 0. The van der Waals surface area contributed by atoms with Gasteiger partial charge in [0.15, 0.2) is 11.6 Å². The summed E-state index contributed by atoms with van der Waals surface area (Å²) in [7, 11) is 0. The second kappa shape index (κ2) is 4.68. The molecule has 94 valence electrons. The molecular formula is C13H12F2N2O. The summed E-state index contributed by atoms with van der Waals surface area (Å²) in [5, 5.41) is 4.14. The van der Waals surface area contributed by atoms with Crippen LogP contribution in [-0.4, -0.2) is 15.6 Å². The summed E-state index contributed by atoms with van der Waals surface area (Å²) >= 11 is 0. The van der Waals surface area contributed by atoms with E-state index in [1.807, 2.05) is 6.92 Å². The zero-order valence-corrected chi connectivity index (χ0v) is 10.1. The van der Waals surface area contributed by atoms with Crippen LogP contribution < -0.4 is 0 Å². The van der Waals surface area contributed by atoms with Gasteiger partial charge in [-0.1, -0.05) is 0 Å². The Morgan fingerprint density at radius 1 is 1.28 bits per heavy atom. The molecule has 5 heteroatoms. The number of halogens is 2. The zero-order chi connectivity index (χ0) is 13.3. The SMILES string of the molecule is CCn1nc(C)cc1C(=O)c1ccc(F)c(F)c1. The maximum absolute atomic E-state index is 13.1. The molecule has 0 aliphatic rings. The predicted octanol–water partition coefficient (Wildman–Crippen LogP) is 2.72. The molecule has 18 heavy (non-hydrogen) atoms. The monoisotopic (exact) mass is 250 g/mol. The van der Waals surface area contributed by atoms with Crippen LogP contribution in [-0.2, 0) is 6.54 Å². The number of carbonyl (C=O) groups is 1. The van der Waals surface area contributed by atoms with Gasteiger partial charge in [-0.3, -0.25) is 9.48 Å². The van der Waals surface area contributed by atoms with Crippen molar-refractivity contribution in [2.45, 2.75) is 20.4 Å². The number of carbonyl (C=O) groups excluding carboxylic acids is 1. The first-order chi connectivity index (χ1) is 8.52. The molecule has 0 aliphatic heterocycles. The van der Waals surface area contributed by atoms with Crippen molar-refractivity contribution in [3.63, 3.8) is 0 Å². The zero-order valence-electron chi connectivity index (χ0n) is 10.1. The van der Waals surface area contributed by atoms with Crippen molar-refractivity contribution >= 4 is 5.78 Å². The van der Waals surface area contributed by atoms with E-state index >= 15 is 0 Å². The Kier molecular flexibility index (Phi) is 3.23. The molecule has 2 aromatic rings. The van der Waals surface area contributed by atoms with Crippen molar-refractivity contribution in [3.8, 4) is 0 Å². The Hall–Kier alpha value is -2.04. The van der Waals surface area contributed by atoms with E-state index in [-0.39, 0.29) is 11.3 Å². The van der Waals surface area contributed by atoms with E-state index in [1.165, 1.54) is 6.07 Å². The van der Waals surface area contributed by atoms with E-state index in [0.29, 0.717) is 17.9 Å². The second-order valence-corrected chi connectivity index (χ2v) is 3.94. The topological polar surface area (TPSA) is 34.9 Å². The summed E-state index contributed by atoms with van der Waals surface area (Å²) in [4.78, 5) is 12.2. The van der Waals surface area contributed by atoms with Crippen LogP contribution in [0.15, 0.2) is 24.3 Å². The summed E-state index contributed by atoms with van der Waals surface area (Å²) in [5.74, 6) is -2.36. The summed E-state index contributed by atoms with van der Waals surface area (Å²) in [6.07, 6.45) is 0. The minimum absolute atomic E-state index is 0.114.